The molecule has 0 spiro atoms. The third kappa shape index (κ3) is 3.24. The van der Waals surface area contributed by atoms with Gasteiger partial charge >= 0.3 is 12.1 Å². The maximum Gasteiger partial charge on any atom is 0.432 e. The first-order valence-electron chi connectivity index (χ1n) is 8.09. The second kappa shape index (κ2) is 6.27. The van der Waals surface area contributed by atoms with Crippen molar-refractivity contribution in [3.8, 4) is 17.1 Å². The third-order valence-corrected chi connectivity index (χ3v) is 4.27. The second-order valence-electron chi connectivity index (χ2n) is 6.51. The van der Waals surface area contributed by atoms with Gasteiger partial charge in [0.25, 0.3) is 11.5 Å². The van der Waals surface area contributed by atoms with Gasteiger partial charge in [0.05, 0.1) is 25.1 Å². The van der Waals surface area contributed by atoms with E-state index in [-0.39, 0.29) is 16.9 Å². The van der Waals surface area contributed by atoms with E-state index in [2.05, 4.69) is 24.9 Å². The fourth-order valence-electron chi connectivity index (χ4n) is 2.64. The highest BCUT2D eigenvalue weighted by Gasteiger charge is 2.63. The molecule has 13 heteroatoms. The van der Waals surface area contributed by atoms with E-state index in [9.17, 15) is 26.3 Å². The summed E-state index contributed by atoms with van der Waals surface area (Å²) in [7, 11) is 0. The molecule has 0 atom stereocenters. The van der Waals surface area contributed by atoms with Crippen LogP contribution in [0.5, 0.6) is 5.88 Å². The molecule has 0 unspecified atom stereocenters. The van der Waals surface area contributed by atoms with Crippen LogP contribution in [0.25, 0.3) is 16.9 Å². The zero-order chi connectivity index (χ0) is 21.0. The molecule has 0 radical (unpaired) electrons. The van der Waals surface area contributed by atoms with E-state index in [4.69, 9.17) is 4.74 Å². The minimum absolute atomic E-state index is 0.0262. The van der Waals surface area contributed by atoms with Crippen molar-refractivity contribution in [2.45, 2.75) is 24.6 Å². The maximum absolute atomic E-state index is 14.4. The third-order valence-electron chi connectivity index (χ3n) is 4.27. The Balaban J connectivity index is 1.68. The van der Waals surface area contributed by atoms with E-state index >= 15 is 0 Å². The molecule has 1 aliphatic heterocycles. The largest absolute Gasteiger partial charge is 0.454 e. The number of nitrogens with zero attached hydrogens (tertiary/aromatic N) is 5. The molecule has 1 aliphatic rings. The first-order chi connectivity index (χ1) is 13.5. The van der Waals surface area contributed by atoms with Crippen molar-refractivity contribution >= 4 is 5.65 Å². The van der Waals surface area contributed by atoms with E-state index in [0.717, 1.165) is 29.1 Å². The van der Waals surface area contributed by atoms with Crippen LogP contribution in [-0.4, -0.2) is 49.6 Å². The average molecular weight is 419 g/mol. The van der Waals surface area contributed by atoms with Crippen molar-refractivity contribution in [3.63, 3.8) is 0 Å². The van der Waals surface area contributed by atoms with Crippen molar-refractivity contribution in [3.05, 3.63) is 36.3 Å². The molecule has 0 saturated carbocycles. The molecule has 0 N–H and O–H groups in total. The molecular formula is C16H11F6N5O2. The predicted octanol–water partition coefficient (Wildman–Crippen LogP) is 3.15. The van der Waals surface area contributed by atoms with Crippen LogP contribution in [0.4, 0.5) is 26.3 Å². The number of halogens is 6. The number of ether oxygens (including phenoxy) is 2. The van der Waals surface area contributed by atoms with Crippen molar-refractivity contribution in [2.75, 3.05) is 13.2 Å². The van der Waals surface area contributed by atoms with Crippen molar-refractivity contribution < 1.29 is 35.8 Å². The summed E-state index contributed by atoms with van der Waals surface area (Å²) in [6.07, 6.45) is -1.47. The molecule has 1 fully saturated rings. The predicted molar refractivity (Wildman–Crippen MR) is 83.8 cm³/mol. The number of rotatable bonds is 4. The van der Waals surface area contributed by atoms with E-state index in [1.165, 1.54) is 0 Å². The standard InChI is InChI=1S/C16H11F6N5O2/c1-14(18,19)13-26-25-11-4-23-10(5-27(11)13)8-2-9(17)12(24-3-8)29-15(6-28-7-15)16(20,21)22/h2-5H,6-7H2,1H3. The zero-order valence-electron chi connectivity index (χ0n) is 14.5. The number of hydrogen-bond acceptors (Lipinski definition) is 6. The van der Waals surface area contributed by atoms with Gasteiger partial charge in [-0.3, -0.25) is 9.38 Å². The SMILES string of the molecule is CC(F)(F)c1nnc2cnc(-c3cnc(OC4(C(F)(F)F)COC4)c(F)c3)cn12. The first kappa shape index (κ1) is 19.4. The van der Waals surface area contributed by atoms with Crippen molar-refractivity contribution in [1.82, 2.24) is 24.6 Å². The summed E-state index contributed by atoms with van der Waals surface area (Å²) < 4.78 is 91.3. The summed E-state index contributed by atoms with van der Waals surface area (Å²) in [6.45, 7) is -0.921. The number of pyridine rings is 1. The lowest BCUT2D eigenvalue weighted by atomic mass is 10.0. The van der Waals surface area contributed by atoms with Crippen LogP contribution >= 0.6 is 0 Å². The van der Waals surface area contributed by atoms with Gasteiger partial charge in [0.2, 0.25) is 5.82 Å². The first-order valence-corrected chi connectivity index (χ1v) is 8.09. The Hall–Kier alpha value is -2.96. The maximum atomic E-state index is 14.4. The quantitative estimate of drug-likeness (QED) is 0.605. The fourth-order valence-corrected chi connectivity index (χ4v) is 2.64. The van der Waals surface area contributed by atoms with Gasteiger partial charge in [-0.05, 0) is 6.07 Å². The minimum Gasteiger partial charge on any atom is -0.454 e. The average Bonchev–Trinajstić information content (AvgIpc) is 3.01. The van der Waals surface area contributed by atoms with Crippen LogP contribution in [0, 0.1) is 5.82 Å². The van der Waals surface area contributed by atoms with E-state index in [1.54, 1.807) is 0 Å². The lowest BCUT2D eigenvalue weighted by Crippen LogP contribution is -2.64. The smallest absolute Gasteiger partial charge is 0.432 e. The summed E-state index contributed by atoms with van der Waals surface area (Å²) in [6, 6.07) is 0.841. The summed E-state index contributed by atoms with van der Waals surface area (Å²) in [5.41, 5.74) is -2.57. The van der Waals surface area contributed by atoms with Gasteiger partial charge in [0.1, 0.15) is 0 Å². The van der Waals surface area contributed by atoms with Gasteiger partial charge in [-0.1, -0.05) is 0 Å². The second-order valence-corrected chi connectivity index (χ2v) is 6.51. The summed E-state index contributed by atoms with van der Waals surface area (Å²) in [5.74, 6) is -5.98. The van der Waals surface area contributed by atoms with E-state index in [1.807, 2.05) is 0 Å². The molecular weight excluding hydrogens is 408 g/mol. The topological polar surface area (TPSA) is 74.4 Å². The highest BCUT2D eigenvalue weighted by Crippen LogP contribution is 2.40. The Morgan fingerprint density at radius 1 is 1.10 bits per heavy atom. The molecule has 7 nitrogen and oxygen atoms in total. The van der Waals surface area contributed by atoms with Crippen molar-refractivity contribution in [1.29, 1.82) is 0 Å². The summed E-state index contributed by atoms with van der Waals surface area (Å²) >= 11 is 0. The Kier molecular flexibility index (Phi) is 4.19. The summed E-state index contributed by atoms with van der Waals surface area (Å²) in [5, 5.41) is 6.98. The molecule has 154 valence electrons. The van der Waals surface area contributed by atoms with Crippen LogP contribution in [0.3, 0.4) is 0 Å². The Bertz CT molecular complexity index is 1070. The monoisotopic (exact) mass is 419 g/mol. The molecule has 29 heavy (non-hydrogen) atoms. The Labute approximate surface area is 158 Å². The molecule has 3 aromatic heterocycles. The molecule has 4 rings (SSSR count). The van der Waals surface area contributed by atoms with Crippen LogP contribution in [0.15, 0.2) is 24.7 Å². The molecule has 0 aromatic carbocycles. The lowest BCUT2D eigenvalue weighted by molar-refractivity contribution is -0.323. The molecule has 3 aromatic rings. The fraction of sp³-hybridized carbons (Fsp3) is 0.375. The van der Waals surface area contributed by atoms with Crippen LogP contribution in [0.2, 0.25) is 0 Å². The highest BCUT2D eigenvalue weighted by atomic mass is 19.4. The van der Waals surface area contributed by atoms with E-state index in [0.29, 0.717) is 6.92 Å². The number of aromatic nitrogens is 5. The van der Waals surface area contributed by atoms with Gasteiger partial charge in [0.15, 0.2) is 11.5 Å². The van der Waals surface area contributed by atoms with Gasteiger partial charge in [-0.15, -0.1) is 10.2 Å². The number of alkyl halides is 5. The van der Waals surface area contributed by atoms with Crippen LogP contribution in [0.1, 0.15) is 12.7 Å². The molecule has 1 saturated heterocycles. The van der Waals surface area contributed by atoms with E-state index < -0.39 is 48.4 Å². The highest BCUT2D eigenvalue weighted by molar-refractivity contribution is 5.59. The van der Waals surface area contributed by atoms with Gasteiger partial charge in [-0.25, -0.2) is 9.37 Å². The number of fused-ring (bicyclic) bond motifs is 1. The Morgan fingerprint density at radius 3 is 2.38 bits per heavy atom. The van der Waals surface area contributed by atoms with Crippen LogP contribution < -0.4 is 4.74 Å². The number of hydrogen-bond donors (Lipinski definition) is 0. The van der Waals surface area contributed by atoms with Gasteiger partial charge < -0.3 is 9.47 Å². The Morgan fingerprint density at radius 2 is 1.83 bits per heavy atom. The normalized spacial score (nSPS) is 16.7. The molecule has 0 amide bonds. The zero-order valence-corrected chi connectivity index (χ0v) is 14.5. The van der Waals surface area contributed by atoms with Gasteiger partial charge in [0, 0.05) is 24.9 Å². The molecule has 0 bridgehead atoms. The summed E-state index contributed by atoms with van der Waals surface area (Å²) in [4.78, 5) is 7.56. The molecule has 4 heterocycles. The van der Waals surface area contributed by atoms with Gasteiger partial charge in [-0.2, -0.15) is 22.0 Å². The lowest BCUT2D eigenvalue weighted by Gasteiger charge is -2.41. The van der Waals surface area contributed by atoms with Crippen molar-refractivity contribution in [2.24, 2.45) is 0 Å². The molecule has 0 aliphatic carbocycles. The minimum atomic E-state index is -4.78. The van der Waals surface area contributed by atoms with Crippen LogP contribution in [-0.2, 0) is 10.7 Å².